The Morgan fingerprint density at radius 2 is 1.85 bits per heavy atom. The first-order valence-corrected chi connectivity index (χ1v) is 5.61. The van der Waals surface area contributed by atoms with E-state index < -0.39 is 42.1 Å². The molecule has 0 saturated heterocycles. The van der Waals surface area contributed by atoms with Gasteiger partial charge in [-0.2, -0.15) is 4.39 Å². The number of amides is 1. The third kappa shape index (κ3) is 4.67. The molecule has 3 N–H and O–H groups in total. The average molecular weight is 289 g/mol. The number of carbonyl (C=O) groups is 1. The topological polar surface area (TPSA) is 88.0 Å². The number of hydrogen-bond donors (Lipinski definition) is 3. The van der Waals surface area contributed by atoms with E-state index in [1.165, 1.54) is 0 Å². The van der Waals surface area contributed by atoms with Crippen molar-refractivity contribution in [1.29, 1.82) is 0 Å². The van der Waals surface area contributed by atoms with E-state index in [1.807, 2.05) is 5.32 Å². The molecule has 1 aromatic rings. The van der Waals surface area contributed by atoms with Gasteiger partial charge in [0, 0.05) is 0 Å². The Labute approximate surface area is 114 Å². The molecule has 20 heavy (non-hydrogen) atoms. The van der Waals surface area contributed by atoms with Crippen LogP contribution in [0.2, 0.25) is 0 Å². The Hall–Kier alpha value is -1.87. The van der Waals surface area contributed by atoms with E-state index in [4.69, 9.17) is 14.8 Å². The van der Waals surface area contributed by atoms with Gasteiger partial charge in [0.25, 0.3) is 0 Å². The molecular formula is C11H14BF2NO5. The molecule has 0 saturated carbocycles. The van der Waals surface area contributed by atoms with Gasteiger partial charge in [0.2, 0.25) is 5.82 Å². The van der Waals surface area contributed by atoms with Gasteiger partial charge in [-0.3, -0.25) is 5.32 Å². The van der Waals surface area contributed by atoms with Gasteiger partial charge in [-0.15, -0.1) is 0 Å². The minimum atomic E-state index is -2.28. The Morgan fingerprint density at radius 1 is 1.25 bits per heavy atom. The van der Waals surface area contributed by atoms with Gasteiger partial charge in [0.05, 0.1) is 5.69 Å². The van der Waals surface area contributed by atoms with Crippen LogP contribution < -0.4 is 9.97 Å². The van der Waals surface area contributed by atoms with Crippen LogP contribution in [0.25, 0.3) is 0 Å². The first-order valence-electron chi connectivity index (χ1n) is 5.61. The third-order valence-corrected chi connectivity index (χ3v) is 1.91. The lowest BCUT2D eigenvalue weighted by Crippen LogP contribution is -2.27. The van der Waals surface area contributed by atoms with Crippen molar-refractivity contribution in [2.24, 2.45) is 0 Å². The second-order valence-electron chi connectivity index (χ2n) is 4.81. The van der Waals surface area contributed by atoms with Crippen LogP contribution in [0.5, 0.6) is 5.75 Å². The molecule has 6 nitrogen and oxygen atoms in total. The van der Waals surface area contributed by atoms with E-state index in [2.05, 4.69) is 4.65 Å². The van der Waals surface area contributed by atoms with Crippen LogP contribution in [0.3, 0.4) is 0 Å². The van der Waals surface area contributed by atoms with E-state index >= 15 is 0 Å². The highest BCUT2D eigenvalue weighted by Gasteiger charge is 2.22. The van der Waals surface area contributed by atoms with Gasteiger partial charge in [0.15, 0.2) is 5.82 Å². The highest BCUT2D eigenvalue weighted by Crippen LogP contribution is 2.26. The minimum Gasteiger partial charge on any atom is -0.509 e. The number of carbonyl (C=O) groups excluding carboxylic acids is 1. The van der Waals surface area contributed by atoms with Crippen molar-refractivity contribution >= 4 is 19.1 Å². The SMILES string of the molecule is CC(C)(C)OC(=O)Nc1ccc(OB(O)O)c(F)c1F. The zero-order valence-corrected chi connectivity index (χ0v) is 11.1. The van der Waals surface area contributed by atoms with Crippen LogP contribution in [0.4, 0.5) is 19.3 Å². The number of ether oxygens (including phenoxy) is 1. The minimum absolute atomic E-state index is 0.462. The van der Waals surface area contributed by atoms with Crippen molar-refractivity contribution in [3.8, 4) is 5.75 Å². The summed E-state index contributed by atoms with van der Waals surface area (Å²) >= 11 is 0. The molecule has 0 atom stereocenters. The van der Waals surface area contributed by atoms with Crippen LogP contribution in [-0.2, 0) is 4.74 Å². The average Bonchev–Trinajstić information content (AvgIpc) is 2.26. The fraction of sp³-hybridized carbons (Fsp3) is 0.364. The molecule has 1 aromatic carbocycles. The predicted octanol–water partition coefficient (Wildman–Crippen LogP) is 1.66. The van der Waals surface area contributed by atoms with Crippen LogP contribution in [0.15, 0.2) is 12.1 Å². The molecule has 1 amide bonds. The lowest BCUT2D eigenvalue weighted by atomic mass is 10.2. The molecule has 1 rings (SSSR count). The van der Waals surface area contributed by atoms with E-state index in [9.17, 15) is 13.6 Å². The molecule has 0 spiro atoms. The van der Waals surface area contributed by atoms with E-state index in [0.717, 1.165) is 12.1 Å². The monoisotopic (exact) mass is 289 g/mol. The zero-order valence-electron chi connectivity index (χ0n) is 11.1. The molecule has 0 aromatic heterocycles. The van der Waals surface area contributed by atoms with Crippen molar-refractivity contribution in [1.82, 2.24) is 0 Å². The van der Waals surface area contributed by atoms with Crippen LogP contribution in [0.1, 0.15) is 20.8 Å². The maximum absolute atomic E-state index is 13.6. The number of rotatable bonds is 3. The normalized spacial score (nSPS) is 10.9. The summed E-state index contributed by atoms with van der Waals surface area (Å²) in [5, 5.41) is 19.1. The van der Waals surface area contributed by atoms with Crippen LogP contribution in [-0.4, -0.2) is 29.1 Å². The maximum atomic E-state index is 13.6. The highest BCUT2D eigenvalue weighted by atomic mass is 19.2. The summed E-state index contributed by atoms with van der Waals surface area (Å²) in [7, 11) is -2.28. The fourth-order valence-corrected chi connectivity index (χ4v) is 1.25. The smallest absolute Gasteiger partial charge is 0.509 e. The third-order valence-electron chi connectivity index (χ3n) is 1.91. The number of hydrogen-bond acceptors (Lipinski definition) is 5. The van der Waals surface area contributed by atoms with Crippen LogP contribution in [0, 0.1) is 11.6 Å². The molecule has 0 aliphatic carbocycles. The summed E-state index contributed by atoms with van der Waals surface area (Å²) in [5.41, 5.74) is -1.25. The Bertz CT molecular complexity index is 504. The second-order valence-corrected chi connectivity index (χ2v) is 4.81. The summed E-state index contributed by atoms with van der Waals surface area (Å²) in [6.07, 6.45) is -0.952. The summed E-state index contributed by atoms with van der Waals surface area (Å²) in [6, 6.07) is 1.94. The van der Waals surface area contributed by atoms with Gasteiger partial charge >= 0.3 is 13.4 Å². The lowest BCUT2D eigenvalue weighted by Gasteiger charge is -2.20. The van der Waals surface area contributed by atoms with Gasteiger partial charge in [-0.05, 0) is 32.9 Å². The fourth-order valence-electron chi connectivity index (χ4n) is 1.25. The molecule has 0 aliphatic rings. The quantitative estimate of drug-likeness (QED) is 0.736. The van der Waals surface area contributed by atoms with Gasteiger partial charge < -0.3 is 19.4 Å². The summed E-state index contributed by atoms with van der Waals surface area (Å²) in [4.78, 5) is 11.4. The Morgan fingerprint density at radius 3 is 2.35 bits per heavy atom. The molecule has 0 unspecified atom stereocenters. The van der Waals surface area contributed by atoms with E-state index in [0.29, 0.717) is 0 Å². The largest absolute Gasteiger partial charge is 0.707 e. The zero-order chi connectivity index (χ0) is 15.5. The first-order chi connectivity index (χ1) is 9.10. The van der Waals surface area contributed by atoms with Gasteiger partial charge in [-0.25, -0.2) is 9.18 Å². The molecule has 0 aliphatic heterocycles. The van der Waals surface area contributed by atoms with Crippen molar-refractivity contribution in [3.63, 3.8) is 0 Å². The predicted molar refractivity (Wildman–Crippen MR) is 67.0 cm³/mol. The molecule has 0 radical (unpaired) electrons. The van der Waals surface area contributed by atoms with Gasteiger partial charge in [0.1, 0.15) is 11.4 Å². The van der Waals surface area contributed by atoms with Crippen LogP contribution >= 0.6 is 0 Å². The summed E-state index contributed by atoms with van der Waals surface area (Å²) in [5.74, 6) is -3.58. The Balaban J connectivity index is 2.88. The summed E-state index contributed by atoms with van der Waals surface area (Å²) in [6.45, 7) is 4.84. The number of halogens is 2. The Kier molecular flexibility index (Phi) is 4.90. The maximum Gasteiger partial charge on any atom is 0.707 e. The molecule has 0 heterocycles. The molecular weight excluding hydrogens is 275 g/mol. The number of anilines is 1. The molecule has 0 fully saturated rings. The first kappa shape index (κ1) is 16.2. The van der Waals surface area contributed by atoms with Crippen molar-refractivity contribution < 1.29 is 33.0 Å². The molecule has 9 heteroatoms. The lowest BCUT2D eigenvalue weighted by molar-refractivity contribution is 0.0635. The highest BCUT2D eigenvalue weighted by molar-refractivity contribution is 6.33. The number of benzene rings is 1. The van der Waals surface area contributed by atoms with Gasteiger partial charge in [-0.1, -0.05) is 0 Å². The summed E-state index contributed by atoms with van der Waals surface area (Å²) < 4.78 is 36.2. The molecule has 110 valence electrons. The van der Waals surface area contributed by atoms with Crippen molar-refractivity contribution in [3.05, 3.63) is 23.8 Å². The standard InChI is InChI=1S/C11H14BF2NO5/c1-11(2,3)19-10(16)15-6-4-5-7(20-12(17)18)9(14)8(6)13/h4-5,17-18H,1-3H3,(H,15,16). The van der Waals surface area contributed by atoms with Crippen molar-refractivity contribution in [2.45, 2.75) is 26.4 Å². The second kappa shape index (κ2) is 6.06. The van der Waals surface area contributed by atoms with E-state index in [-0.39, 0.29) is 0 Å². The molecule has 0 bridgehead atoms. The number of nitrogens with one attached hydrogen (secondary N) is 1. The van der Waals surface area contributed by atoms with E-state index in [1.54, 1.807) is 20.8 Å². The van der Waals surface area contributed by atoms with Crippen molar-refractivity contribution in [2.75, 3.05) is 5.32 Å².